The molecule has 0 radical (unpaired) electrons. The standard InChI is InChI=1S/C7H6F3N3/c1-4(7(8,9)10)6-5(2-11)3-12-13-6/h3-4H,1H3,(H,12,13). The van der Waals surface area contributed by atoms with Crippen molar-refractivity contribution in [3.63, 3.8) is 0 Å². The zero-order valence-corrected chi connectivity index (χ0v) is 6.68. The van der Waals surface area contributed by atoms with E-state index in [0.717, 1.165) is 13.1 Å². The summed E-state index contributed by atoms with van der Waals surface area (Å²) in [5.74, 6) is -1.69. The van der Waals surface area contributed by atoms with Crippen molar-refractivity contribution in [1.82, 2.24) is 10.2 Å². The first kappa shape index (κ1) is 9.58. The number of hydrogen-bond donors (Lipinski definition) is 1. The summed E-state index contributed by atoms with van der Waals surface area (Å²) in [5.41, 5.74) is -0.250. The molecule has 0 amide bonds. The van der Waals surface area contributed by atoms with Gasteiger partial charge in [-0.25, -0.2) is 0 Å². The molecule has 0 aliphatic heterocycles. The zero-order chi connectivity index (χ0) is 10.1. The molecule has 0 aliphatic rings. The van der Waals surface area contributed by atoms with Crippen molar-refractivity contribution < 1.29 is 13.2 Å². The zero-order valence-electron chi connectivity index (χ0n) is 6.68. The molecule has 1 rings (SSSR count). The maximum Gasteiger partial charge on any atom is 0.397 e. The van der Waals surface area contributed by atoms with E-state index < -0.39 is 12.1 Å². The number of rotatable bonds is 1. The van der Waals surface area contributed by atoms with Gasteiger partial charge in [-0.2, -0.15) is 23.5 Å². The number of hydrogen-bond acceptors (Lipinski definition) is 2. The maximum absolute atomic E-state index is 12.2. The Labute approximate surface area is 72.2 Å². The molecular weight excluding hydrogens is 183 g/mol. The number of H-pyrrole nitrogens is 1. The summed E-state index contributed by atoms with van der Waals surface area (Å²) in [7, 11) is 0. The fourth-order valence-corrected chi connectivity index (χ4v) is 0.879. The second-order valence-corrected chi connectivity index (χ2v) is 2.57. The highest BCUT2D eigenvalue weighted by molar-refractivity contribution is 5.33. The van der Waals surface area contributed by atoms with Crippen LogP contribution in [0.2, 0.25) is 0 Å². The average Bonchev–Trinajstić information content (AvgIpc) is 2.48. The van der Waals surface area contributed by atoms with Gasteiger partial charge in [0.15, 0.2) is 0 Å². The Morgan fingerprint density at radius 1 is 1.62 bits per heavy atom. The van der Waals surface area contributed by atoms with Gasteiger partial charge in [0.1, 0.15) is 6.07 Å². The number of nitrogens with zero attached hydrogens (tertiary/aromatic N) is 2. The van der Waals surface area contributed by atoms with Crippen LogP contribution < -0.4 is 0 Å². The van der Waals surface area contributed by atoms with E-state index in [-0.39, 0.29) is 11.3 Å². The van der Waals surface area contributed by atoms with E-state index >= 15 is 0 Å². The Morgan fingerprint density at radius 2 is 2.23 bits per heavy atom. The molecule has 1 N–H and O–H groups in total. The largest absolute Gasteiger partial charge is 0.397 e. The molecule has 1 aromatic heterocycles. The van der Waals surface area contributed by atoms with Gasteiger partial charge in [-0.1, -0.05) is 0 Å². The van der Waals surface area contributed by atoms with Crippen LogP contribution in [0.3, 0.4) is 0 Å². The fraction of sp³-hybridized carbons (Fsp3) is 0.429. The molecule has 13 heavy (non-hydrogen) atoms. The van der Waals surface area contributed by atoms with Crippen molar-refractivity contribution in [3.05, 3.63) is 17.5 Å². The lowest BCUT2D eigenvalue weighted by molar-refractivity contribution is -0.147. The van der Waals surface area contributed by atoms with Gasteiger partial charge < -0.3 is 0 Å². The third-order valence-electron chi connectivity index (χ3n) is 1.71. The Balaban J connectivity index is 3.03. The summed E-state index contributed by atoms with van der Waals surface area (Å²) in [6, 6.07) is 1.63. The van der Waals surface area contributed by atoms with E-state index in [4.69, 9.17) is 5.26 Å². The van der Waals surface area contributed by atoms with Crippen LogP contribution in [0.1, 0.15) is 24.1 Å². The monoisotopic (exact) mass is 189 g/mol. The number of nitriles is 1. The normalized spacial score (nSPS) is 13.8. The predicted octanol–water partition coefficient (Wildman–Crippen LogP) is 1.95. The first-order chi connectivity index (χ1) is 5.96. The van der Waals surface area contributed by atoms with E-state index in [0.29, 0.717) is 0 Å². The minimum absolute atomic E-state index is 0.0650. The van der Waals surface area contributed by atoms with Crippen LogP contribution in [0.25, 0.3) is 0 Å². The predicted molar refractivity (Wildman–Crippen MR) is 37.8 cm³/mol. The number of halogens is 3. The van der Waals surface area contributed by atoms with Gasteiger partial charge in [-0.3, -0.25) is 5.10 Å². The van der Waals surface area contributed by atoms with Gasteiger partial charge in [-0.15, -0.1) is 0 Å². The highest BCUT2D eigenvalue weighted by Gasteiger charge is 2.39. The number of aromatic nitrogens is 2. The molecule has 1 aromatic rings. The average molecular weight is 189 g/mol. The molecule has 0 bridgehead atoms. The molecular formula is C7H6F3N3. The molecule has 0 saturated carbocycles. The quantitative estimate of drug-likeness (QED) is 0.733. The van der Waals surface area contributed by atoms with E-state index in [1.807, 2.05) is 0 Å². The molecule has 0 saturated heterocycles. The summed E-state index contributed by atoms with van der Waals surface area (Å²) in [6.45, 7) is 0.981. The number of alkyl halides is 3. The second kappa shape index (κ2) is 3.09. The van der Waals surface area contributed by atoms with Gasteiger partial charge >= 0.3 is 6.18 Å². The van der Waals surface area contributed by atoms with Gasteiger partial charge in [0, 0.05) is 0 Å². The van der Waals surface area contributed by atoms with Crippen LogP contribution >= 0.6 is 0 Å². The minimum atomic E-state index is -4.35. The lowest BCUT2D eigenvalue weighted by Crippen LogP contribution is -2.18. The third kappa shape index (κ3) is 1.80. The molecule has 1 atom stereocenters. The van der Waals surface area contributed by atoms with Crippen molar-refractivity contribution in [2.45, 2.75) is 19.0 Å². The smallest absolute Gasteiger partial charge is 0.281 e. The Morgan fingerprint density at radius 3 is 2.69 bits per heavy atom. The topological polar surface area (TPSA) is 52.5 Å². The third-order valence-corrected chi connectivity index (χ3v) is 1.71. The van der Waals surface area contributed by atoms with Crippen LogP contribution in [0, 0.1) is 11.3 Å². The maximum atomic E-state index is 12.2. The van der Waals surface area contributed by atoms with E-state index in [1.54, 1.807) is 6.07 Å². The number of aromatic amines is 1. The molecule has 1 unspecified atom stereocenters. The Bertz CT molecular complexity index is 333. The Kier molecular flexibility index (Phi) is 2.28. The lowest BCUT2D eigenvalue weighted by atomic mass is 10.0. The fourth-order valence-electron chi connectivity index (χ4n) is 0.879. The van der Waals surface area contributed by atoms with Crippen LogP contribution in [-0.4, -0.2) is 16.4 Å². The lowest BCUT2D eigenvalue weighted by Gasteiger charge is -2.13. The molecule has 3 nitrogen and oxygen atoms in total. The molecule has 0 aliphatic carbocycles. The molecule has 0 spiro atoms. The first-order valence-corrected chi connectivity index (χ1v) is 3.47. The highest BCUT2D eigenvalue weighted by atomic mass is 19.4. The molecule has 6 heteroatoms. The van der Waals surface area contributed by atoms with Crippen molar-refractivity contribution in [1.29, 1.82) is 5.26 Å². The van der Waals surface area contributed by atoms with Gasteiger partial charge in [0.2, 0.25) is 0 Å². The van der Waals surface area contributed by atoms with Gasteiger partial charge in [0.25, 0.3) is 0 Å². The van der Waals surface area contributed by atoms with Crippen molar-refractivity contribution in [2.24, 2.45) is 0 Å². The summed E-state index contributed by atoms with van der Waals surface area (Å²) < 4.78 is 36.5. The van der Waals surface area contributed by atoms with Crippen LogP contribution in [0.5, 0.6) is 0 Å². The van der Waals surface area contributed by atoms with Gasteiger partial charge in [-0.05, 0) is 6.92 Å². The summed E-state index contributed by atoms with van der Waals surface area (Å²) in [6.07, 6.45) is -3.27. The summed E-state index contributed by atoms with van der Waals surface area (Å²) in [5, 5.41) is 14.0. The first-order valence-electron chi connectivity index (χ1n) is 3.47. The van der Waals surface area contributed by atoms with Crippen molar-refractivity contribution >= 4 is 0 Å². The Hall–Kier alpha value is -1.51. The molecule has 70 valence electrons. The highest BCUT2D eigenvalue weighted by Crippen LogP contribution is 2.34. The SMILES string of the molecule is CC(c1[nH]ncc1C#N)C(F)(F)F. The van der Waals surface area contributed by atoms with E-state index in [2.05, 4.69) is 10.2 Å². The van der Waals surface area contributed by atoms with Crippen molar-refractivity contribution in [3.8, 4) is 6.07 Å². The van der Waals surface area contributed by atoms with Gasteiger partial charge in [0.05, 0.1) is 23.4 Å². The second-order valence-electron chi connectivity index (χ2n) is 2.57. The molecule has 0 aromatic carbocycles. The van der Waals surface area contributed by atoms with Crippen LogP contribution in [0.15, 0.2) is 6.20 Å². The summed E-state index contributed by atoms with van der Waals surface area (Å²) in [4.78, 5) is 0. The molecule has 1 heterocycles. The van der Waals surface area contributed by atoms with E-state index in [9.17, 15) is 13.2 Å². The minimum Gasteiger partial charge on any atom is -0.281 e. The van der Waals surface area contributed by atoms with Crippen LogP contribution in [0.4, 0.5) is 13.2 Å². The van der Waals surface area contributed by atoms with Crippen LogP contribution in [-0.2, 0) is 0 Å². The summed E-state index contributed by atoms with van der Waals surface area (Å²) >= 11 is 0. The molecule has 0 fully saturated rings. The van der Waals surface area contributed by atoms with E-state index in [1.165, 1.54) is 0 Å². The van der Waals surface area contributed by atoms with Crippen molar-refractivity contribution in [2.75, 3.05) is 0 Å². The number of nitrogens with one attached hydrogen (secondary N) is 1.